The SMILES string of the molecule is O=C(CSC1=NNC2C3CC(c4ccc(F)cc4)NN3C=CN12)Nc1ccc2c(c1)OCCO2. The van der Waals surface area contributed by atoms with Crippen LogP contribution in [0.4, 0.5) is 10.1 Å². The Bertz CT molecular complexity index is 1160. The molecule has 1 fully saturated rings. The molecule has 0 bridgehead atoms. The van der Waals surface area contributed by atoms with Crippen molar-refractivity contribution in [1.29, 1.82) is 0 Å². The molecule has 1 amide bonds. The Labute approximate surface area is 199 Å². The van der Waals surface area contributed by atoms with E-state index in [0.29, 0.717) is 30.4 Å². The topological polar surface area (TPSA) is 90.5 Å². The van der Waals surface area contributed by atoms with Crippen LogP contribution in [0.3, 0.4) is 0 Å². The number of hydrogen-bond acceptors (Lipinski definition) is 9. The fourth-order valence-corrected chi connectivity index (χ4v) is 5.28. The van der Waals surface area contributed by atoms with E-state index in [4.69, 9.17) is 9.47 Å². The average molecular weight is 483 g/mol. The molecule has 0 spiro atoms. The van der Waals surface area contributed by atoms with Gasteiger partial charge in [0.2, 0.25) is 5.91 Å². The molecule has 0 saturated carbocycles. The minimum Gasteiger partial charge on any atom is -0.486 e. The maximum Gasteiger partial charge on any atom is 0.234 e. The van der Waals surface area contributed by atoms with Crippen LogP contribution in [0, 0.1) is 5.82 Å². The molecule has 9 nitrogen and oxygen atoms in total. The van der Waals surface area contributed by atoms with Crippen LogP contribution < -0.4 is 25.6 Å². The van der Waals surface area contributed by atoms with E-state index in [9.17, 15) is 9.18 Å². The van der Waals surface area contributed by atoms with Crippen LogP contribution in [0.15, 0.2) is 60.0 Å². The Morgan fingerprint density at radius 3 is 2.82 bits per heavy atom. The second-order valence-electron chi connectivity index (χ2n) is 8.31. The van der Waals surface area contributed by atoms with Crippen LogP contribution in [-0.2, 0) is 4.79 Å². The van der Waals surface area contributed by atoms with Crippen LogP contribution in [0.2, 0.25) is 0 Å². The van der Waals surface area contributed by atoms with Gasteiger partial charge in [-0.25, -0.2) is 9.82 Å². The molecule has 2 aromatic rings. The third kappa shape index (κ3) is 4.01. The molecule has 176 valence electrons. The number of ether oxygens (including phenoxy) is 2. The monoisotopic (exact) mass is 482 g/mol. The van der Waals surface area contributed by atoms with Gasteiger partial charge in [-0.15, -0.1) is 0 Å². The van der Waals surface area contributed by atoms with Crippen molar-refractivity contribution in [3.05, 3.63) is 66.2 Å². The van der Waals surface area contributed by atoms with Gasteiger partial charge in [-0.2, -0.15) is 5.10 Å². The smallest absolute Gasteiger partial charge is 0.234 e. The summed E-state index contributed by atoms with van der Waals surface area (Å²) in [5, 5.41) is 10.2. The summed E-state index contributed by atoms with van der Waals surface area (Å²) in [7, 11) is 0. The number of hydrogen-bond donors (Lipinski definition) is 3. The molecule has 4 heterocycles. The minimum absolute atomic E-state index is 0.0497. The first kappa shape index (κ1) is 21.1. The highest BCUT2D eigenvalue weighted by Crippen LogP contribution is 2.35. The molecular formula is C23H23FN6O3S. The molecule has 3 unspecified atom stereocenters. The molecule has 3 atom stereocenters. The summed E-state index contributed by atoms with van der Waals surface area (Å²) in [4.78, 5) is 14.6. The van der Waals surface area contributed by atoms with Gasteiger partial charge in [-0.05, 0) is 36.2 Å². The van der Waals surface area contributed by atoms with Gasteiger partial charge in [0.25, 0.3) is 0 Å². The normalized spacial score (nSPS) is 24.3. The van der Waals surface area contributed by atoms with E-state index in [1.54, 1.807) is 18.2 Å². The number of hydrazone groups is 1. The molecule has 3 N–H and O–H groups in total. The minimum atomic E-state index is -0.240. The number of benzene rings is 2. The first-order chi connectivity index (χ1) is 16.6. The van der Waals surface area contributed by atoms with Crippen molar-refractivity contribution in [2.75, 3.05) is 24.3 Å². The second kappa shape index (κ2) is 8.73. The predicted molar refractivity (Wildman–Crippen MR) is 126 cm³/mol. The molecule has 1 saturated heterocycles. The fourth-order valence-electron chi connectivity index (χ4n) is 4.51. The quantitative estimate of drug-likeness (QED) is 0.613. The Morgan fingerprint density at radius 2 is 1.97 bits per heavy atom. The summed E-state index contributed by atoms with van der Waals surface area (Å²) in [6, 6.07) is 12.2. The number of hydrazine groups is 1. The highest BCUT2D eigenvalue weighted by atomic mass is 32.2. The number of amidine groups is 1. The van der Waals surface area contributed by atoms with Gasteiger partial charge >= 0.3 is 0 Å². The van der Waals surface area contributed by atoms with Crippen molar-refractivity contribution in [2.24, 2.45) is 5.10 Å². The summed E-state index contributed by atoms with van der Waals surface area (Å²) >= 11 is 1.37. The molecule has 11 heteroatoms. The van der Waals surface area contributed by atoms with Crippen LogP contribution in [0.1, 0.15) is 18.0 Å². The molecule has 4 aliphatic rings. The van der Waals surface area contributed by atoms with Crippen molar-refractivity contribution < 1.29 is 18.7 Å². The maximum atomic E-state index is 13.3. The van der Waals surface area contributed by atoms with E-state index in [1.807, 2.05) is 24.5 Å². The zero-order valence-corrected chi connectivity index (χ0v) is 18.9. The standard InChI is InChI=1S/C23H23FN6O3S/c24-15-3-1-14(2-4-15)17-12-18-22-26-27-23(29(22)7-8-30(18)28-17)34-13-21(31)25-16-5-6-19-20(11-16)33-10-9-32-19/h1-8,11,17-18,22,26,28H,9-10,12-13H2,(H,25,31). The summed E-state index contributed by atoms with van der Waals surface area (Å²) in [6.07, 6.45) is 4.71. The highest BCUT2D eigenvalue weighted by molar-refractivity contribution is 8.14. The number of nitrogens with zero attached hydrogens (tertiary/aromatic N) is 3. The van der Waals surface area contributed by atoms with E-state index in [-0.39, 0.29) is 35.7 Å². The zero-order valence-electron chi connectivity index (χ0n) is 18.1. The highest BCUT2D eigenvalue weighted by Gasteiger charge is 2.44. The molecular weight excluding hydrogens is 459 g/mol. The van der Waals surface area contributed by atoms with Crippen LogP contribution in [0.25, 0.3) is 0 Å². The third-order valence-electron chi connectivity index (χ3n) is 6.14. The van der Waals surface area contributed by atoms with E-state index in [1.165, 1.54) is 23.9 Å². The molecule has 34 heavy (non-hydrogen) atoms. The Hall–Kier alpha value is -3.44. The summed E-state index contributed by atoms with van der Waals surface area (Å²) < 4.78 is 24.4. The van der Waals surface area contributed by atoms with Gasteiger partial charge in [0.1, 0.15) is 25.2 Å². The fraction of sp³-hybridized carbons (Fsp3) is 0.304. The van der Waals surface area contributed by atoms with Crippen molar-refractivity contribution in [3.63, 3.8) is 0 Å². The first-order valence-corrected chi connectivity index (χ1v) is 12.0. The predicted octanol–water partition coefficient (Wildman–Crippen LogP) is 2.58. The van der Waals surface area contributed by atoms with Gasteiger partial charge in [-0.3, -0.25) is 10.2 Å². The Kier molecular flexibility index (Phi) is 5.42. The van der Waals surface area contributed by atoms with Gasteiger partial charge in [0, 0.05) is 24.2 Å². The number of rotatable bonds is 4. The number of fused-ring (bicyclic) bond motifs is 4. The Balaban J connectivity index is 1.05. The number of carbonyl (C=O) groups excluding carboxylic acids is 1. The van der Waals surface area contributed by atoms with Crippen molar-refractivity contribution >= 4 is 28.5 Å². The van der Waals surface area contributed by atoms with E-state index in [0.717, 1.165) is 17.2 Å². The average Bonchev–Trinajstić information content (AvgIpc) is 3.47. The third-order valence-corrected chi connectivity index (χ3v) is 7.10. The van der Waals surface area contributed by atoms with Crippen LogP contribution in [0.5, 0.6) is 11.5 Å². The number of carbonyl (C=O) groups is 1. The van der Waals surface area contributed by atoms with Crippen molar-refractivity contribution in [3.8, 4) is 11.5 Å². The van der Waals surface area contributed by atoms with E-state index in [2.05, 4.69) is 31.2 Å². The molecule has 0 aromatic heterocycles. The second-order valence-corrected chi connectivity index (χ2v) is 9.26. The number of nitrogens with one attached hydrogen (secondary N) is 3. The zero-order chi connectivity index (χ0) is 23.1. The van der Waals surface area contributed by atoms with Gasteiger partial charge in [0.05, 0.1) is 17.8 Å². The van der Waals surface area contributed by atoms with Crippen molar-refractivity contribution in [1.82, 2.24) is 20.8 Å². The van der Waals surface area contributed by atoms with Gasteiger partial charge in [-0.1, -0.05) is 23.9 Å². The number of halogens is 1. The van der Waals surface area contributed by atoms with Gasteiger partial charge in [0.15, 0.2) is 16.7 Å². The summed E-state index contributed by atoms with van der Waals surface area (Å²) in [6.45, 7) is 1.02. The lowest BCUT2D eigenvalue weighted by Gasteiger charge is -2.36. The number of anilines is 1. The maximum absolute atomic E-state index is 13.3. The van der Waals surface area contributed by atoms with Gasteiger partial charge < -0.3 is 24.7 Å². The number of thioether (sulfide) groups is 1. The van der Waals surface area contributed by atoms with Crippen molar-refractivity contribution in [2.45, 2.75) is 24.7 Å². The summed E-state index contributed by atoms with van der Waals surface area (Å²) in [5.74, 6) is 1.17. The van der Waals surface area contributed by atoms with E-state index >= 15 is 0 Å². The molecule has 0 radical (unpaired) electrons. The van der Waals surface area contributed by atoms with Crippen LogP contribution in [-0.4, -0.2) is 52.2 Å². The lowest BCUT2D eigenvalue weighted by molar-refractivity contribution is -0.113. The lowest BCUT2D eigenvalue weighted by Crippen LogP contribution is -2.54. The largest absolute Gasteiger partial charge is 0.486 e. The van der Waals surface area contributed by atoms with Crippen LogP contribution >= 0.6 is 11.8 Å². The van der Waals surface area contributed by atoms with E-state index < -0.39 is 0 Å². The molecule has 6 rings (SSSR count). The number of amides is 1. The molecule has 0 aliphatic carbocycles. The lowest BCUT2D eigenvalue weighted by atomic mass is 10.00. The molecule has 2 aromatic carbocycles. The molecule has 4 aliphatic heterocycles. The Morgan fingerprint density at radius 1 is 1.15 bits per heavy atom. The first-order valence-electron chi connectivity index (χ1n) is 11.1. The summed E-state index contributed by atoms with van der Waals surface area (Å²) in [5.41, 5.74) is 8.38.